The number of nitrogens with two attached hydrogens (primary N) is 1. The van der Waals surface area contributed by atoms with Gasteiger partial charge in [0.2, 0.25) is 0 Å². The van der Waals surface area contributed by atoms with Crippen molar-refractivity contribution in [3.63, 3.8) is 0 Å². The Bertz CT molecular complexity index is 404. The first-order valence-corrected chi connectivity index (χ1v) is 5.69. The molecular weight excluding hydrogens is 234 g/mol. The summed E-state index contributed by atoms with van der Waals surface area (Å²) in [7, 11) is 2.86. The van der Waals surface area contributed by atoms with E-state index in [1.807, 2.05) is 19.1 Å². The molecule has 100 valence electrons. The zero-order chi connectivity index (χ0) is 13.5. The van der Waals surface area contributed by atoms with Gasteiger partial charge in [0.05, 0.1) is 14.2 Å². The Morgan fingerprint density at radius 1 is 1.33 bits per heavy atom. The van der Waals surface area contributed by atoms with Crippen LogP contribution in [0.2, 0.25) is 0 Å². The average molecular weight is 253 g/mol. The van der Waals surface area contributed by atoms with E-state index in [0.717, 1.165) is 12.0 Å². The van der Waals surface area contributed by atoms with Gasteiger partial charge in [-0.2, -0.15) is 0 Å². The van der Waals surface area contributed by atoms with Crippen LogP contribution in [0.5, 0.6) is 11.5 Å². The summed E-state index contributed by atoms with van der Waals surface area (Å²) >= 11 is 0. The van der Waals surface area contributed by atoms with Crippen LogP contribution in [-0.2, 0) is 16.0 Å². The third kappa shape index (κ3) is 4.25. The van der Waals surface area contributed by atoms with Crippen LogP contribution < -0.4 is 15.2 Å². The molecule has 0 aliphatic heterocycles. The van der Waals surface area contributed by atoms with Crippen molar-refractivity contribution in [2.45, 2.75) is 19.4 Å². The average Bonchev–Trinajstić information content (AvgIpc) is 2.35. The fraction of sp³-hybridized carbons (Fsp3) is 0.462. The molecule has 0 amide bonds. The van der Waals surface area contributed by atoms with Gasteiger partial charge < -0.3 is 19.9 Å². The smallest absolute Gasteiger partial charge is 0.343 e. The molecule has 5 nitrogen and oxygen atoms in total. The molecule has 5 heteroatoms. The molecule has 2 N–H and O–H groups in total. The van der Waals surface area contributed by atoms with Gasteiger partial charge in [0, 0.05) is 6.04 Å². The monoisotopic (exact) mass is 253 g/mol. The maximum atomic E-state index is 11.0. The lowest BCUT2D eigenvalue weighted by atomic mass is 10.1. The summed E-state index contributed by atoms with van der Waals surface area (Å²) in [4.78, 5) is 11.0. The summed E-state index contributed by atoms with van der Waals surface area (Å²) in [6.45, 7) is 1.79. The SMILES string of the molecule is COC(=O)COc1cc(CC(C)N)ccc1OC. The Morgan fingerprint density at radius 2 is 2.06 bits per heavy atom. The number of hydrogen-bond donors (Lipinski definition) is 1. The van der Waals surface area contributed by atoms with E-state index in [4.69, 9.17) is 15.2 Å². The first-order chi connectivity index (χ1) is 8.56. The van der Waals surface area contributed by atoms with Crippen LogP contribution in [0.25, 0.3) is 0 Å². The van der Waals surface area contributed by atoms with Gasteiger partial charge in [-0.15, -0.1) is 0 Å². The lowest BCUT2D eigenvalue weighted by molar-refractivity contribution is -0.142. The van der Waals surface area contributed by atoms with Gasteiger partial charge in [0.1, 0.15) is 0 Å². The highest BCUT2D eigenvalue weighted by molar-refractivity contribution is 5.71. The highest BCUT2D eigenvalue weighted by atomic mass is 16.6. The Morgan fingerprint density at radius 3 is 2.61 bits per heavy atom. The third-order valence-corrected chi connectivity index (χ3v) is 2.36. The molecule has 0 aliphatic carbocycles. The number of hydrogen-bond acceptors (Lipinski definition) is 5. The Labute approximate surface area is 107 Å². The molecule has 0 saturated heterocycles. The molecule has 0 bridgehead atoms. The largest absolute Gasteiger partial charge is 0.493 e. The van der Waals surface area contributed by atoms with E-state index in [-0.39, 0.29) is 12.6 Å². The second kappa shape index (κ2) is 6.86. The lowest BCUT2D eigenvalue weighted by Gasteiger charge is -2.12. The van der Waals surface area contributed by atoms with Crippen molar-refractivity contribution in [1.82, 2.24) is 0 Å². The van der Waals surface area contributed by atoms with E-state index >= 15 is 0 Å². The zero-order valence-electron chi connectivity index (χ0n) is 10.9. The molecule has 0 saturated carbocycles. The number of benzene rings is 1. The highest BCUT2D eigenvalue weighted by Gasteiger charge is 2.09. The van der Waals surface area contributed by atoms with Gasteiger partial charge in [0.15, 0.2) is 18.1 Å². The summed E-state index contributed by atoms with van der Waals surface area (Å²) in [6.07, 6.45) is 0.735. The zero-order valence-corrected chi connectivity index (χ0v) is 10.9. The quantitative estimate of drug-likeness (QED) is 0.770. The van der Waals surface area contributed by atoms with Crippen LogP contribution in [0, 0.1) is 0 Å². The Kier molecular flexibility index (Phi) is 5.45. The first-order valence-electron chi connectivity index (χ1n) is 5.69. The Hall–Kier alpha value is -1.75. The van der Waals surface area contributed by atoms with Crippen molar-refractivity contribution in [1.29, 1.82) is 0 Å². The summed E-state index contributed by atoms with van der Waals surface area (Å²) in [5, 5.41) is 0. The fourth-order valence-corrected chi connectivity index (χ4v) is 1.53. The first kappa shape index (κ1) is 14.3. The Balaban J connectivity index is 2.81. The van der Waals surface area contributed by atoms with Crippen LogP contribution >= 0.6 is 0 Å². The molecule has 0 radical (unpaired) electrons. The molecule has 1 rings (SSSR count). The third-order valence-electron chi connectivity index (χ3n) is 2.36. The highest BCUT2D eigenvalue weighted by Crippen LogP contribution is 2.28. The van der Waals surface area contributed by atoms with Crippen molar-refractivity contribution in [2.24, 2.45) is 5.73 Å². The number of rotatable bonds is 6. The maximum Gasteiger partial charge on any atom is 0.343 e. The topological polar surface area (TPSA) is 70.8 Å². The maximum absolute atomic E-state index is 11.0. The summed E-state index contributed by atoms with van der Waals surface area (Å²) in [5.74, 6) is 0.656. The second-order valence-electron chi connectivity index (χ2n) is 4.03. The van der Waals surface area contributed by atoms with Crippen molar-refractivity contribution >= 4 is 5.97 Å². The van der Waals surface area contributed by atoms with E-state index in [2.05, 4.69) is 4.74 Å². The number of esters is 1. The van der Waals surface area contributed by atoms with Gasteiger partial charge >= 0.3 is 5.97 Å². The molecule has 0 aromatic heterocycles. The van der Waals surface area contributed by atoms with Gasteiger partial charge in [-0.25, -0.2) is 4.79 Å². The van der Waals surface area contributed by atoms with E-state index in [1.165, 1.54) is 7.11 Å². The molecule has 1 atom stereocenters. The normalized spacial score (nSPS) is 11.8. The van der Waals surface area contributed by atoms with Crippen LogP contribution in [0.3, 0.4) is 0 Å². The molecule has 0 heterocycles. The second-order valence-corrected chi connectivity index (χ2v) is 4.03. The fourth-order valence-electron chi connectivity index (χ4n) is 1.53. The van der Waals surface area contributed by atoms with Crippen LogP contribution in [0.4, 0.5) is 0 Å². The van der Waals surface area contributed by atoms with E-state index in [1.54, 1.807) is 13.2 Å². The van der Waals surface area contributed by atoms with Crippen molar-refractivity contribution in [3.8, 4) is 11.5 Å². The number of methoxy groups -OCH3 is 2. The van der Waals surface area contributed by atoms with Gasteiger partial charge in [-0.3, -0.25) is 0 Å². The molecule has 1 aromatic rings. The molecule has 1 aromatic carbocycles. The van der Waals surface area contributed by atoms with Gasteiger partial charge in [-0.1, -0.05) is 6.07 Å². The molecule has 0 fully saturated rings. The van der Waals surface area contributed by atoms with Gasteiger partial charge in [-0.05, 0) is 31.0 Å². The molecule has 0 spiro atoms. The van der Waals surface area contributed by atoms with E-state index < -0.39 is 5.97 Å². The predicted octanol–water partition coefficient (Wildman–Crippen LogP) is 1.14. The molecule has 1 unspecified atom stereocenters. The summed E-state index contributed by atoms with van der Waals surface area (Å²) in [6, 6.07) is 5.61. The summed E-state index contributed by atoms with van der Waals surface area (Å²) in [5.41, 5.74) is 6.78. The minimum Gasteiger partial charge on any atom is -0.493 e. The lowest BCUT2D eigenvalue weighted by Crippen LogP contribution is -2.18. The predicted molar refractivity (Wildman–Crippen MR) is 67.9 cm³/mol. The standard InChI is InChI=1S/C13H19NO4/c1-9(14)6-10-4-5-11(16-2)12(7-10)18-8-13(15)17-3/h4-5,7,9H,6,8,14H2,1-3H3. The van der Waals surface area contributed by atoms with Crippen LogP contribution in [-0.4, -0.2) is 32.8 Å². The number of carbonyl (C=O) groups is 1. The minimum absolute atomic E-state index is 0.0619. The summed E-state index contributed by atoms with van der Waals surface area (Å²) < 4.78 is 15.0. The molecule has 18 heavy (non-hydrogen) atoms. The van der Waals surface area contributed by atoms with E-state index in [9.17, 15) is 4.79 Å². The number of carbonyl (C=O) groups excluding carboxylic acids is 1. The molecule has 0 aliphatic rings. The van der Waals surface area contributed by atoms with Gasteiger partial charge in [0.25, 0.3) is 0 Å². The van der Waals surface area contributed by atoms with Crippen LogP contribution in [0.15, 0.2) is 18.2 Å². The van der Waals surface area contributed by atoms with Crippen molar-refractivity contribution in [3.05, 3.63) is 23.8 Å². The van der Waals surface area contributed by atoms with E-state index in [0.29, 0.717) is 11.5 Å². The minimum atomic E-state index is -0.436. The molecular formula is C13H19NO4. The van der Waals surface area contributed by atoms with Crippen molar-refractivity contribution < 1.29 is 19.0 Å². The van der Waals surface area contributed by atoms with Crippen LogP contribution in [0.1, 0.15) is 12.5 Å². The van der Waals surface area contributed by atoms with Crippen molar-refractivity contribution in [2.75, 3.05) is 20.8 Å². The number of ether oxygens (including phenoxy) is 3.